The minimum atomic E-state index is -4.99. The third-order valence-electron chi connectivity index (χ3n) is 3.39. The number of hydrogen-bond acceptors (Lipinski definition) is 6. The predicted molar refractivity (Wildman–Crippen MR) is 73.0 cm³/mol. The molecule has 0 N–H and O–H groups in total. The topological polar surface area (TPSA) is 94.6 Å². The van der Waals surface area contributed by atoms with Crippen LogP contribution in [0.3, 0.4) is 0 Å². The Labute approximate surface area is 134 Å². The van der Waals surface area contributed by atoms with Gasteiger partial charge < -0.3 is 4.74 Å². The summed E-state index contributed by atoms with van der Waals surface area (Å²) in [5, 5.41) is 0. The molecule has 0 saturated heterocycles. The summed E-state index contributed by atoms with van der Waals surface area (Å²) in [6.07, 6.45) is -4.99. The molecule has 1 aliphatic rings. The summed E-state index contributed by atoms with van der Waals surface area (Å²) in [7, 11) is -4.60. The number of sulfone groups is 1. The van der Waals surface area contributed by atoms with Crippen LogP contribution in [0.15, 0.2) is 23.1 Å². The van der Waals surface area contributed by atoms with Crippen LogP contribution < -0.4 is 0 Å². The Morgan fingerprint density at radius 2 is 1.92 bits per heavy atom. The molecular formula is C14H11F3O6S. The highest BCUT2D eigenvalue weighted by Crippen LogP contribution is 2.39. The van der Waals surface area contributed by atoms with E-state index in [4.69, 9.17) is 0 Å². The summed E-state index contributed by atoms with van der Waals surface area (Å²) in [4.78, 5) is 34.5. The molecular weight excluding hydrogens is 353 g/mol. The van der Waals surface area contributed by atoms with Crippen molar-refractivity contribution in [3.8, 4) is 0 Å². The van der Waals surface area contributed by atoms with Crippen LogP contribution in [-0.2, 0) is 30.3 Å². The first-order chi connectivity index (χ1) is 11.0. The lowest BCUT2D eigenvalue weighted by Gasteiger charge is -2.24. The van der Waals surface area contributed by atoms with Crippen molar-refractivity contribution in [2.75, 3.05) is 12.4 Å². The quantitative estimate of drug-likeness (QED) is 0.457. The molecule has 1 unspecified atom stereocenters. The zero-order valence-corrected chi connectivity index (χ0v) is 13.0. The molecule has 0 spiro atoms. The van der Waals surface area contributed by atoms with Crippen molar-refractivity contribution in [3.05, 3.63) is 29.3 Å². The first kappa shape index (κ1) is 18.1. The van der Waals surface area contributed by atoms with Crippen molar-refractivity contribution in [2.45, 2.75) is 18.0 Å². The van der Waals surface area contributed by atoms with Gasteiger partial charge in [-0.2, -0.15) is 13.2 Å². The molecule has 0 amide bonds. The zero-order chi connectivity index (χ0) is 18.3. The number of Topliss-reactive ketones (excluding diaryl/α,β-unsaturated/α-hetero) is 2. The Bertz CT molecular complexity index is 825. The van der Waals surface area contributed by atoms with Gasteiger partial charge in [-0.25, -0.2) is 13.2 Å². The van der Waals surface area contributed by atoms with E-state index in [1.165, 1.54) is 6.92 Å². The third kappa shape index (κ3) is 3.05. The van der Waals surface area contributed by atoms with Gasteiger partial charge in [0.2, 0.25) is 0 Å². The number of ether oxygens (including phenoxy) is 1. The Hall–Kier alpha value is -2.23. The molecule has 0 saturated carbocycles. The molecule has 1 aromatic carbocycles. The summed E-state index contributed by atoms with van der Waals surface area (Å²) in [6, 6.07) is 2.29. The second kappa shape index (κ2) is 6.00. The van der Waals surface area contributed by atoms with E-state index in [0.717, 1.165) is 12.1 Å². The van der Waals surface area contributed by atoms with E-state index in [-0.39, 0.29) is 6.61 Å². The van der Waals surface area contributed by atoms with Crippen LogP contribution in [0.1, 0.15) is 22.8 Å². The first-order valence-corrected chi connectivity index (χ1v) is 8.34. The van der Waals surface area contributed by atoms with Gasteiger partial charge in [0, 0.05) is 5.56 Å². The van der Waals surface area contributed by atoms with E-state index in [0.29, 0.717) is 6.07 Å². The van der Waals surface area contributed by atoms with Crippen molar-refractivity contribution in [3.63, 3.8) is 0 Å². The van der Waals surface area contributed by atoms with E-state index in [1.807, 2.05) is 0 Å². The molecule has 1 aliphatic heterocycles. The van der Waals surface area contributed by atoms with Gasteiger partial charge >= 0.3 is 12.1 Å². The van der Waals surface area contributed by atoms with Crippen LogP contribution in [0, 0.1) is 5.92 Å². The Kier molecular flexibility index (Phi) is 4.53. The van der Waals surface area contributed by atoms with Crippen molar-refractivity contribution >= 4 is 27.4 Å². The maximum Gasteiger partial charge on any atom is 0.417 e. The molecule has 0 radical (unpaired) electrons. The summed E-state index contributed by atoms with van der Waals surface area (Å²) < 4.78 is 67.9. The Morgan fingerprint density at radius 3 is 2.46 bits per heavy atom. The number of carbonyl (C=O) groups is 3. The SMILES string of the molecule is CCOC(=O)C(=O)C1CS(=O)(=O)c2c(cccc2C(F)(F)F)C1=O. The van der Waals surface area contributed by atoms with E-state index in [9.17, 15) is 36.0 Å². The molecule has 1 aromatic rings. The van der Waals surface area contributed by atoms with E-state index < -0.39 is 61.2 Å². The molecule has 0 aromatic heterocycles. The lowest BCUT2D eigenvalue weighted by atomic mass is 9.93. The number of esters is 1. The molecule has 6 nitrogen and oxygen atoms in total. The fraction of sp³-hybridized carbons (Fsp3) is 0.357. The van der Waals surface area contributed by atoms with Crippen LogP contribution in [0.2, 0.25) is 0 Å². The van der Waals surface area contributed by atoms with Gasteiger partial charge in [0.25, 0.3) is 5.78 Å². The maximum absolute atomic E-state index is 13.0. The highest BCUT2D eigenvalue weighted by Gasteiger charge is 2.48. The summed E-state index contributed by atoms with van der Waals surface area (Å²) in [6.45, 7) is 1.22. The highest BCUT2D eigenvalue weighted by atomic mass is 32.2. The smallest absolute Gasteiger partial charge is 0.417 e. The van der Waals surface area contributed by atoms with Gasteiger partial charge in [0.15, 0.2) is 15.6 Å². The van der Waals surface area contributed by atoms with Crippen LogP contribution >= 0.6 is 0 Å². The van der Waals surface area contributed by atoms with Crippen molar-refractivity contribution in [2.24, 2.45) is 5.92 Å². The van der Waals surface area contributed by atoms with Crippen LogP contribution in [0.5, 0.6) is 0 Å². The van der Waals surface area contributed by atoms with Gasteiger partial charge in [-0.05, 0) is 13.0 Å². The standard InChI is InChI=1S/C14H11F3O6S/c1-2-23-13(20)11(19)8-6-24(21,22)12-7(10(8)18)4-3-5-9(12)14(15,16)17/h3-5,8H,2,6H2,1H3. The van der Waals surface area contributed by atoms with Gasteiger partial charge in [0.05, 0.1) is 22.8 Å². The van der Waals surface area contributed by atoms with Gasteiger partial charge in [0.1, 0.15) is 5.92 Å². The molecule has 1 atom stereocenters. The predicted octanol–water partition coefficient (Wildman–Crippen LogP) is 1.42. The minimum absolute atomic E-state index is 0.174. The maximum atomic E-state index is 13.0. The number of benzene rings is 1. The summed E-state index contributed by atoms with van der Waals surface area (Å²) >= 11 is 0. The number of carbonyl (C=O) groups excluding carboxylic acids is 3. The fourth-order valence-corrected chi connectivity index (χ4v) is 4.33. The number of ketones is 2. The van der Waals surface area contributed by atoms with Crippen LogP contribution in [0.4, 0.5) is 13.2 Å². The lowest BCUT2D eigenvalue weighted by molar-refractivity contribution is -0.154. The second-order valence-corrected chi connectivity index (χ2v) is 6.93. The van der Waals surface area contributed by atoms with Crippen LogP contribution in [-0.4, -0.2) is 38.3 Å². The number of halogens is 3. The Balaban J connectivity index is 2.60. The second-order valence-electron chi connectivity index (χ2n) is 4.96. The van der Waals surface area contributed by atoms with Crippen molar-refractivity contribution in [1.29, 1.82) is 0 Å². The molecule has 1 heterocycles. The van der Waals surface area contributed by atoms with Crippen molar-refractivity contribution < 1.29 is 40.7 Å². The van der Waals surface area contributed by atoms with Crippen LogP contribution in [0.25, 0.3) is 0 Å². The van der Waals surface area contributed by atoms with Crippen molar-refractivity contribution in [1.82, 2.24) is 0 Å². The molecule has 0 bridgehead atoms. The normalized spacial score (nSPS) is 19.5. The fourth-order valence-electron chi connectivity index (χ4n) is 2.39. The molecule has 0 fully saturated rings. The zero-order valence-electron chi connectivity index (χ0n) is 12.2. The lowest BCUT2D eigenvalue weighted by Crippen LogP contribution is -2.41. The van der Waals surface area contributed by atoms with Gasteiger partial charge in [-0.3, -0.25) is 9.59 Å². The third-order valence-corrected chi connectivity index (χ3v) is 5.23. The summed E-state index contributed by atoms with van der Waals surface area (Å²) in [5.41, 5.74) is -2.23. The van der Waals surface area contributed by atoms with E-state index in [2.05, 4.69) is 4.74 Å². The Morgan fingerprint density at radius 1 is 1.29 bits per heavy atom. The highest BCUT2D eigenvalue weighted by molar-refractivity contribution is 7.91. The number of fused-ring (bicyclic) bond motifs is 1. The molecule has 24 heavy (non-hydrogen) atoms. The van der Waals surface area contributed by atoms with E-state index in [1.54, 1.807) is 0 Å². The average molecular weight is 364 g/mol. The molecule has 0 aliphatic carbocycles. The largest absolute Gasteiger partial charge is 0.460 e. The number of hydrogen-bond donors (Lipinski definition) is 0. The van der Waals surface area contributed by atoms with Gasteiger partial charge in [-0.15, -0.1) is 0 Å². The number of rotatable bonds is 3. The summed E-state index contributed by atoms with van der Waals surface area (Å²) in [5.74, 6) is -7.06. The number of alkyl halides is 3. The molecule has 2 rings (SSSR count). The van der Waals surface area contributed by atoms with E-state index >= 15 is 0 Å². The minimum Gasteiger partial charge on any atom is -0.460 e. The molecule has 10 heteroatoms. The monoisotopic (exact) mass is 364 g/mol. The van der Waals surface area contributed by atoms with Gasteiger partial charge in [-0.1, -0.05) is 12.1 Å². The molecule has 130 valence electrons. The average Bonchev–Trinajstić information content (AvgIpc) is 2.49. The first-order valence-electron chi connectivity index (χ1n) is 6.68.